The minimum Gasteiger partial charge on any atom is -0.359 e. The van der Waals surface area contributed by atoms with Crippen LogP contribution in [-0.4, -0.2) is 57.1 Å². The van der Waals surface area contributed by atoms with Gasteiger partial charge in [0.05, 0.1) is 16.3 Å². The number of carbonyl (C=O) groups excluding carboxylic acids is 2. The third-order valence-corrected chi connectivity index (χ3v) is 12.8. The van der Waals surface area contributed by atoms with Crippen LogP contribution < -0.4 is 15.5 Å². The first-order valence-corrected chi connectivity index (χ1v) is 20.5. The molecule has 2 aromatic heterocycles. The van der Waals surface area contributed by atoms with Crippen molar-refractivity contribution < 1.29 is 26.4 Å². The number of para-hydroxylation sites is 1. The molecule has 3 aromatic carbocycles. The monoisotopic (exact) mass is 757 g/mol. The maximum atomic E-state index is 12.5. The predicted octanol–water partition coefficient (Wildman–Crippen LogP) is 5.80. The molecule has 1 aliphatic rings. The summed E-state index contributed by atoms with van der Waals surface area (Å²) in [5.41, 5.74) is 3.42. The summed E-state index contributed by atoms with van der Waals surface area (Å²) in [6, 6.07) is 20.6. The Morgan fingerprint density at radius 1 is 0.776 bits per heavy atom. The molecule has 0 saturated carbocycles. The number of hydrogen-bond donors (Lipinski definition) is 2. The van der Waals surface area contributed by atoms with E-state index in [1.165, 1.54) is 64.6 Å². The van der Waals surface area contributed by atoms with Crippen LogP contribution in [0.25, 0.3) is 0 Å². The first kappa shape index (κ1) is 36.1. The van der Waals surface area contributed by atoms with Crippen molar-refractivity contribution in [3.8, 4) is 0 Å². The summed E-state index contributed by atoms with van der Waals surface area (Å²) in [4.78, 5) is 34.1. The first-order chi connectivity index (χ1) is 23.4. The highest BCUT2D eigenvalue weighted by atomic mass is 35.5. The summed E-state index contributed by atoms with van der Waals surface area (Å²) in [5, 5.41) is 9.99. The molecule has 5 aromatic rings. The van der Waals surface area contributed by atoms with Gasteiger partial charge in [0.2, 0.25) is 11.8 Å². The highest BCUT2D eigenvalue weighted by Gasteiger charge is 2.27. The Kier molecular flexibility index (Phi) is 11.8. The molecule has 2 N–H and O–H groups in total. The number of amides is 2. The van der Waals surface area contributed by atoms with Gasteiger partial charge in [0.15, 0.2) is 19.7 Å². The lowest BCUT2D eigenvalue weighted by Gasteiger charge is -2.24. The van der Waals surface area contributed by atoms with Crippen LogP contribution in [-0.2, 0) is 47.2 Å². The molecule has 0 fully saturated rings. The summed E-state index contributed by atoms with van der Waals surface area (Å²) < 4.78 is 49.3. The average molecular weight is 758 g/mol. The summed E-state index contributed by atoms with van der Waals surface area (Å²) in [6.45, 7) is 2.36. The van der Waals surface area contributed by atoms with E-state index in [1.807, 2.05) is 18.2 Å². The molecule has 0 bridgehead atoms. The molecule has 11 nitrogen and oxygen atoms in total. The average Bonchev–Trinajstić information content (AvgIpc) is 3.84. The SMILES string of the molecule is CC1Cc2ccccc2N1CC(=O)Nc1ccc(S(=O)(=O)Cc2nccs2)cc1.O=C(CCl)Nc1ccc(S(=O)(=O)Cc2nccs2)cc1. The molecule has 0 spiro atoms. The van der Waals surface area contributed by atoms with Gasteiger partial charge in [0.1, 0.15) is 27.4 Å². The second-order valence-corrected chi connectivity index (χ2v) is 17.2. The number of sulfone groups is 2. The van der Waals surface area contributed by atoms with E-state index in [0.29, 0.717) is 21.4 Å². The van der Waals surface area contributed by atoms with Gasteiger partial charge in [-0.05, 0) is 73.5 Å². The molecule has 1 unspecified atom stereocenters. The molecule has 3 heterocycles. The van der Waals surface area contributed by atoms with Crippen molar-refractivity contribution in [3.05, 3.63) is 112 Å². The molecule has 256 valence electrons. The van der Waals surface area contributed by atoms with Crippen molar-refractivity contribution in [1.82, 2.24) is 9.97 Å². The smallest absolute Gasteiger partial charge is 0.243 e. The van der Waals surface area contributed by atoms with Crippen molar-refractivity contribution in [2.75, 3.05) is 28.0 Å². The molecule has 1 aliphatic heterocycles. The third-order valence-electron chi connectivity index (χ3n) is 7.37. The van der Waals surface area contributed by atoms with Crippen LogP contribution in [0.1, 0.15) is 22.5 Å². The number of nitrogens with one attached hydrogen (secondary N) is 2. The molecule has 6 rings (SSSR count). The topological polar surface area (TPSA) is 156 Å². The maximum Gasteiger partial charge on any atom is 0.243 e. The zero-order valence-electron chi connectivity index (χ0n) is 26.2. The van der Waals surface area contributed by atoms with Crippen molar-refractivity contribution in [2.45, 2.75) is 40.7 Å². The van der Waals surface area contributed by atoms with Crippen LogP contribution in [0.3, 0.4) is 0 Å². The lowest BCUT2D eigenvalue weighted by atomic mass is 10.1. The van der Waals surface area contributed by atoms with Crippen LogP contribution in [0.2, 0.25) is 0 Å². The number of hydrogen-bond acceptors (Lipinski definition) is 11. The van der Waals surface area contributed by atoms with E-state index in [0.717, 1.165) is 12.1 Å². The number of fused-ring (bicyclic) bond motifs is 1. The summed E-state index contributed by atoms with van der Waals surface area (Å²) in [6.07, 6.45) is 4.09. The van der Waals surface area contributed by atoms with Gasteiger partial charge in [-0.2, -0.15) is 0 Å². The molecule has 16 heteroatoms. The Morgan fingerprint density at radius 2 is 1.27 bits per heavy atom. The second kappa shape index (κ2) is 16.0. The van der Waals surface area contributed by atoms with E-state index < -0.39 is 19.7 Å². The number of anilines is 3. The fraction of sp³-hybridized carbons (Fsp3) is 0.212. The van der Waals surface area contributed by atoms with Gasteiger partial charge in [-0.3, -0.25) is 9.59 Å². The van der Waals surface area contributed by atoms with E-state index in [9.17, 15) is 26.4 Å². The summed E-state index contributed by atoms with van der Waals surface area (Å²) in [7, 11) is -6.89. The molecular formula is C33H32ClN5O6S4. The first-order valence-electron chi connectivity index (χ1n) is 14.9. The lowest BCUT2D eigenvalue weighted by Crippen LogP contribution is -2.37. The Bertz CT molecular complexity index is 2090. The van der Waals surface area contributed by atoms with Crippen molar-refractivity contribution in [3.63, 3.8) is 0 Å². The van der Waals surface area contributed by atoms with Gasteiger partial charge in [-0.25, -0.2) is 26.8 Å². The number of benzene rings is 3. The molecule has 49 heavy (non-hydrogen) atoms. The van der Waals surface area contributed by atoms with Gasteiger partial charge < -0.3 is 15.5 Å². The summed E-state index contributed by atoms with van der Waals surface area (Å²) in [5.74, 6) is -0.873. The fourth-order valence-electron chi connectivity index (χ4n) is 5.05. The number of nitrogens with zero attached hydrogens (tertiary/aromatic N) is 3. The normalized spacial score (nSPS) is 14.0. The molecule has 2 amide bonds. The van der Waals surface area contributed by atoms with Gasteiger partial charge in [-0.1, -0.05) is 18.2 Å². The summed E-state index contributed by atoms with van der Waals surface area (Å²) >= 11 is 7.98. The lowest BCUT2D eigenvalue weighted by molar-refractivity contribution is -0.115. The largest absolute Gasteiger partial charge is 0.359 e. The van der Waals surface area contributed by atoms with Gasteiger partial charge in [0, 0.05) is 46.3 Å². The Hall–Kier alpha value is -4.15. The zero-order chi connectivity index (χ0) is 35.0. The number of rotatable bonds is 11. The van der Waals surface area contributed by atoms with Gasteiger partial charge in [0.25, 0.3) is 0 Å². The van der Waals surface area contributed by atoms with Crippen LogP contribution in [0.5, 0.6) is 0 Å². The van der Waals surface area contributed by atoms with E-state index in [1.54, 1.807) is 35.3 Å². The van der Waals surface area contributed by atoms with E-state index >= 15 is 0 Å². The molecule has 0 saturated heterocycles. The third kappa shape index (κ3) is 9.73. The standard InChI is InChI=1S/C21H21N3O3S2.C12H11ClN2O3S2/c1-15-12-16-4-2-3-5-19(16)24(15)13-20(25)23-17-6-8-18(9-7-17)29(26,27)14-21-22-10-11-28-21;13-7-11(16)15-9-1-3-10(4-2-9)20(17,18)8-12-14-5-6-19-12/h2-11,15H,12-14H2,1H3,(H,23,25);1-6H,7-8H2,(H,15,16). The fourth-order valence-corrected chi connectivity index (χ4v) is 9.63. The van der Waals surface area contributed by atoms with E-state index in [-0.39, 0.29) is 51.6 Å². The number of carbonyl (C=O) groups is 2. The van der Waals surface area contributed by atoms with Crippen LogP contribution in [0, 0.1) is 0 Å². The molecule has 0 aliphatic carbocycles. The number of thiazole rings is 2. The van der Waals surface area contributed by atoms with Gasteiger partial charge in [-0.15, -0.1) is 34.3 Å². The van der Waals surface area contributed by atoms with E-state index in [4.69, 9.17) is 11.6 Å². The van der Waals surface area contributed by atoms with Crippen LogP contribution in [0.4, 0.5) is 17.1 Å². The highest BCUT2D eigenvalue weighted by molar-refractivity contribution is 7.91. The Balaban J connectivity index is 0.000000205. The van der Waals surface area contributed by atoms with Crippen molar-refractivity contribution >= 4 is 82.8 Å². The van der Waals surface area contributed by atoms with E-state index in [2.05, 4.69) is 38.5 Å². The minimum absolute atomic E-state index is 0.122. The molecule has 0 radical (unpaired) electrons. The Labute approximate surface area is 297 Å². The maximum absolute atomic E-state index is 12.5. The highest BCUT2D eigenvalue weighted by Crippen LogP contribution is 2.31. The van der Waals surface area contributed by atoms with Gasteiger partial charge >= 0.3 is 0 Å². The van der Waals surface area contributed by atoms with Crippen LogP contribution >= 0.6 is 34.3 Å². The Morgan fingerprint density at radius 3 is 1.73 bits per heavy atom. The second-order valence-electron chi connectivity index (χ2n) is 11.0. The van der Waals surface area contributed by atoms with Crippen molar-refractivity contribution in [1.29, 1.82) is 0 Å². The predicted molar refractivity (Wildman–Crippen MR) is 194 cm³/mol. The number of alkyl halides is 1. The molecular weight excluding hydrogens is 726 g/mol. The quantitative estimate of drug-likeness (QED) is 0.159. The zero-order valence-corrected chi connectivity index (χ0v) is 30.2. The number of halogens is 1. The van der Waals surface area contributed by atoms with Crippen molar-refractivity contribution in [2.24, 2.45) is 0 Å². The molecule has 1 atom stereocenters. The minimum atomic E-state index is -3.46. The van der Waals surface area contributed by atoms with Crippen LogP contribution in [0.15, 0.2) is 106 Å². The number of aromatic nitrogens is 2.